The quantitative estimate of drug-likeness (QED) is 0.711. The van der Waals surface area contributed by atoms with Gasteiger partial charge in [0.1, 0.15) is 11.5 Å². The maximum Gasteiger partial charge on any atom is 0.233 e. The fourth-order valence-corrected chi connectivity index (χ4v) is 2.33. The summed E-state index contributed by atoms with van der Waals surface area (Å²) < 4.78 is 19.1. The molecule has 0 saturated carbocycles. The van der Waals surface area contributed by atoms with E-state index in [9.17, 15) is 4.39 Å². The number of ether oxygens (including phenoxy) is 1. The number of halogens is 2. The molecule has 0 fully saturated rings. The molecule has 0 bridgehead atoms. The van der Waals surface area contributed by atoms with Gasteiger partial charge in [0.25, 0.3) is 0 Å². The molecule has 0 aliphatic carbocycles. The van der Waals surface area contributed by atoms with E-state index in [0.29, 0.717) is 28.6 Å². The van der Waals surface area contributed by atoms with Crippen LogP contribution in [0.25, 0.3) is 11.4 Å². The Morgan fingerprint density at radius 3 is 2.57 bits per heavy atom. The summed E-state index contributed by atoms with van der Waals surface area (Å²) in [5, 5.41) is 8.46. The third-order valence-electron chi connectivity index (χ3n) is 3.23. The van der Waals surface area contributed by atoms with Crippen LogP contribution < -0.4 is 4.74 Å². The molecule has 0 unspecified atom stereocenters. The highest BCUT2D eigenvalue weighted by Crippen LogP contribution is 2.20. The first-order chi connectivity index (χ1) is 11.2. The molecular weight excluding hydrogens is 317 g/mol. The van der Waals surface area contributed by atoms with Gasteiger partial charge < -0.3 is 4.74 Å². The number of benzene rings is 1. The lowest BCUT2D eigenvalue weighted by Gasteiger charge is -2.07. The van der Waals surface area contributed by atoms with E-state index in [4.69, 9.17) is 16.3 Å². The van der Waals surface area contributed by atoms with Gasteiger partial charge in [0.15, 0.2) is 0 Å². The van der Waals surface area contributed by atoms with Crippen molar-refractivity contribution in [1.82, 2.24) is 15.2 Å². The van der Waals surface area contributed by atoms with Crippen molar-refractivity contribution >= 4 is 11.6 Å². The Morgan fingerprint density at radius 1 is 0.957 bits per heavy atom. The van der Waals surface area contributed by atoms with E-state index in [2.05, 4.69) is 15.2 Å². The fourth-order valence-electron chi connectivity index (χ4n) is 2.08. The first-order valence-corrected chi connectivity index (χ1v) is 7.42. The lowest BCUT2D eigenvalue weighted by atomic mass is 10.1. The van der Waals surface area contributed by atoms with Crippen LogP contribution in [0.15, 0.2) is 54.7 Å². The average molecular weight is 330 g/mol. The molecule has 116 valence electrons. The normalized spacial score (nSPS) is 10.5. The smallest absolute Gasteiger partial charge is 0.233 e. The minimum atomic E-state index is -0.335. The monoisotopic (exact) mass is 329 g/mol. The Kier molecular flexibility index (Phi) is 4.78. The minimum absolute atomic E-state index is 0.262. The number of nitrogens with zero attached hydrogens (tertiary/aromatic N) is 3. The van der Waals surface area contributed by atoms with Gasteiger partial charge in [0, 0.05) is 29.3 Å². The van der Waals surface area contributed by atoms with E-state index in [1.165, 1.54) is 6.07 Å². The lowest BCUT2D eigenvalue weighted by Crippen LogP contribution is -2.05. The zero-order chi connectivity index (χ0) is 16.1. The van der Waals surface area contributed by atoms with Crippen molar-refractivity contribution < 1.29 is 9.13 Å². The number of rotatable bonds is 5. The lowest BCUT2D eigenvalue weighted by molar-refractivity contribution is 0.304. The molecule has 3 aromatic rings. The Bertz CT molecular complexity index is 761. The molecule has 0 atom stereocenters. The van der Waals surface area contributed by atoms with E-state index in [0.717, 1.165) is 5.69 Å². The van der Waals surface area contributed by atoms with Crippen molar-refractivity contribution in [3.05, 3.63) is 71.1 Å². The number of aromatic nitrogens is 3. The molecule has 4 nitrogen and oxygen atoms in total. The second-order valence-electron chi connectivity index (χ2n) is 4.77. The second kappa shape index (κ2) is 7.15. The molecule has 2 aromatic heterocycles. The van der Waals surface area contributed by atoms with Gasteiger partial charge >= 0.3 is 0 Å². The molecule has 0 radical (unpaired) electrons. The first-order valence-electron chi connectivity index (χ1n) is 7.05. The van der Waals surface area contributed by atoms with Crippen LogP contribution in [0.5, 0.6) is 5.88 Å². The Morgan fingerprint density at radius 2 is 1.87 bits per heavy atom. The molecule has 0 saturated heterocycles. The summed E-state index contributed by atoms with van der Waals surface area (Å²) in [6, 6.07) is 13.7. The fraction of sp³-hybridized carbons (Fsp3) is 0.118. The molecule has 0 aliphatic heterocycles. The molecular formula is C17H13ClFN3O. The summed E-state index contributed by atoms with van der Waals surface area (Å²) in [4.78, 5) is 4.20. The van der Waals surface area contributed by atoms with Crippen LogP contribution in [0.1, 0.15) is 5.56 Å². The summed E-state index contributed by atoms with van der Waals surface area (Å²) in [5.74, 6) is 0.0369. The average Bonchev–Trinajstić information content (AvgIpc) is 2.59. The van der Waals surface area contributed by atoms with Crippen LogP contribution in [0.2, 0.25) is 5.02 Å². The molecule has 23 heavy (non-hydrogen) atoms. The summed E-state index contributed by atoms with van der Waals surface area (Å²) in [6.07, 6.45) is 2.05. The number of hydrogen-bond donors (Lipinski definition) is 0. The minimum Gasteiger partial charge on any atom is -0.476 e. The second-order valence-corrected chi connectivity index (χ2v) is 5.18. The van der Waals surface area contributed by atoms with E-state index in [1.54, 1.807) is 30.5 Å². The van der Waals surface area contributed by atoms with Crippen molar-refractivity contribution in [1.29, 1.82) is 0 Å². The maximum absolute atomic E-state index is 13.6. The highest BCUT2D eigenvalue weighted by Gasteiger charge is 2.07. The highest BCUT2D eigenvalue weighted by molar-refractivity contribution is 6.31. The molecule has 6 heteroatoms. The maximum atomic E-state index is 13.6. The van der Waals surface area contributed by atoms with Crippen LogP contribution in [0.3, 0.4) is 0 Å². The third-order valence-corrected chi connectivity index (χ3v) is 3.59. The van der Waals surface area contributed by atoms with E-state index < -0.39 is 0 Å². The summed E-state index contributed by atoms with van der Waals surface area (Å²) >= 11 is 5.97. The van der Waals surface area contributed by atoms with Gasteiger partial charge in [-0.25, -0.2) is 4.39 Å². The molecule has 0 aliphatic rings. The largest absolute Gasteiger partial charge is 0.476 e. The van der Waals surface area contributed by atoms with Crippen molar-refractivity contribution in [2.75, 3.05) is 6.61 Å². The van der Waals surface area contributed by atoms with Gasteiger partial charge in [-0.05, 0) is 30.3 Å². The zero-order valence-corrected chi connectivity index (χ0v) is 12.9. The molecule has 1 aromatic carbocycles. The van der Waals surface area contributed by atoms with E-state index in [-0.39, 0.29) is 12.4 Å². The highest BCUT2D eigenvalue weighted by atomic mass is 35.5. The van der Waals surface area contributed by atoms with Crippen LogP contribution in [0.4, 0.5) is 4.39 Å². The van der Waals surface area contributed by atoms with Gasteiger partial charge in [0.2, 0.25) is 5.88 Å². The van der Waals surface area contributed by atoms with Gasteiger partial charge in [-0.3, -0.25) is 4.98 Å². The predicted octanol–water partition coefficient (Wildman–Crippen LogP) is 3.95. The van der Waals surface area contributed by atoms with Crippen molar-refractivity contribution in [2.24, 2.45) is 0 Å². The number of pyridine rings is 1. The summed E-state index contributed by atoms with van der Waals surface area (Å²) in [6.45, 7) is 0.262. The van der Waals surface area contributed by atoms with Crippen LogP contribution >= 0.6 is 11.6 Å². The first kappa shape index (κ1) is 15.4. The zero-order valence-electron chi connectivity index (χ0n) is 12.1. The van der Waals surface area contributed by atoms with Crippen LogP contribution in [-0.4, -0.2) is 21.8 Å². The van der Waals surface area contributed by atoms with Gasteiger partial charge in [-0.2, -0.15) is 0 Å². The van der Waals surface area contributed by atoms with Gasteiger partial charge in [-0.1, -0.05) is 23.7 Å². The Labute approximate surface area is 137 Å². The molecule has 3 rings (SSSR count). The van der Waals surface area contributed by atoms with Crippen molar-refractivity contribution in [2.45, 2.75) is 6.42 Å². The molecule has 2 heterocycles. The topological polar surface area (TPSA) is 47.9 Å². The standard InChI is InChI=1S/C17H13ClFN3O/c18-13-4-3-5-14(19)12(13)9-11-23-17-8-7-16(21-22-17)15-6-1-2-10-20-15/h1-8,10H,9,11H2. The van der Waals surface area contributed by atoms with Crippen LogP contribution in [-0.2, 0) is 6.42 Å². The summed E-state index contributed by atoms with van der Waals surface area (Å²) in [7, 11) is 0. The SMILES string of the molecule is Fc1cccc(Cl)c1CCOc1ccc(-c2ccccn2)nn1. The number of hydrogen-bond acceptors (Lipinski definition) is 4. The van der Waals surface area contributed by atoms with E-state index in [1.807, 2.05) is 18.2 Å². The molecule has 0 amide bonds. The Balaban J connectivity index is 1.61. The Hall–Kier alpha value is -2.53. The molecule has 0 N–H and O–H groups in total. The van der Waals surface area contributed by atoms with Gasteiger partial charge in [-0.15, -0.1) is 10.2 Å². The van der Waals surface area contributed by atoms with Crippen LogP contribution in [0, 0.1) is 5.82 Å². The predicted molar refractivity (Wildman–Crippen MR) is 85.9 cm³/mol. The van der Waals surface area contributed by atoms with Crippen molar-refractivity contribution in [3.63, 3.8) is 0 Å². The van der Waals surface area contributed by atoms with Gasteiger partial charge in [0.05, 0.1) is 12.3 Å². The third kappa shape index (κ3) is 3.81. The van der Waals surface area contributed by atoms with Crippen molar-refractivity contribution in [3.8, 4) is 17.3 Å². The summed E-state index contributed by atoms with van der Waals surface area (Å²) in [5.41, 5.74) is 1.84. The van der Waals surface area contributed by atoms with E-state index >= 15 is 0 Å². The molecule has 0 spiro atoms.